The summed E-state index contributed by atoms with van der Waals surface area (Å²) in [6, 6.07) is 5.05. The Labute approximate surface area is 180 Å². The van der Waals surface area contributed by atoms with Crippen LogP contribution in [0.3, 0.4) is 0 Å². The summed E-state index contributed by atoms with van der Waals surface area (Å²) in [5.41, 5.74) is -9.74. The molecule has 0 aromatic heterocycles. The summed E-state index contributed by atoms with van der Waals surface area (Å²) in [5, 5.41) is 3.50. The van der Waals surface area contributed by atoms with Crippen molar-refractivity contribution in [2.45, 2.75) is 31.4 Å². The fraction of sp³-hybridized carbons (Fsp3) is 0.278. The van der Waals surface area contributed by atoms with Crippen molar-refractivity contribution in [2.75, 3.05) is 4.72 Å². The van der Waals surface area contributed by atoms with Crippen molar-refractivity contribution < 1.29 is 52.8 Å². The van der Waals surface area contributed by atoms with Gasteiger partial charge in [-0.25, -0.2) is 0 Å². The number of benzene rings is 2. The predicted molar refractivity (Wildman–Crippen MR) is 98.5 cm³/mol. The number of alkyl halides is 9. The highest BCUT2D eigenvalue weighted by molar-refractivity contribution is 7.93. The predicted octanol–water partition coefficient (Wildman–Crippen LogP) is 5.93. The lowest BCUT2D eigenvalue weighted by Gasteiger charge is -2.16. The summed E-state index contributed by atoms with van der Waals surface area (Å²) < 4.78 is 138. The number of nitrogens with one attached hydrogen (secondary N) is 1. The quantitative estimate of drug-likeness (QED) is 0.299. The lowest BCUT2D eigenvalue weighted by molar-refractivity contribution is -0.138. The van der Waals surface area contributed by atoms with Crippen LogP contribution in [0.25, 0.3) is 0 Å². The Morgan fingerprint density at radius 3 is 1.88 bits per heavy atom. The van der Waals surface area contributed by atoms with Crippen molar-refractivity contribution in [3.05, 3.63) is 64.7 Å². The monoisotopic (exact) mass is 508 g/mol. The maximum atomic E-state index is 12.9. The third kappa shape index (κ3) is 6.76. The molecule has 0 saturated heterocycles. The first-order valence-corrected chi connectivity index (χ1v) is 10.0. The average Bonchev–Trinajstić information content (AvgIpc) is 2.65. The highest BCUT2D eigenvalue weighted by Crippen LogP contribution is 2.34. The minimum Gasteiger partial charge on any atom is -0.391 e. The molecule has 15 heteroatoms. The molecule has 0 radical (unpaired) electrons. The van der Waals surface area contributed by atoms with E-state index in [9.17, 15) is 47.9 Å². The molecular formula is C18H13F9N2O3S. The van der Waals surface area contributed by atoms with Gasteiger partial charge in [0.15, 0.2) is 0 Å². The number of sulfonamides is 1. The van der Waals surface area contributed by atoms with E-state index >= 15 is 0 Å². The third-order valence-electron chi connectivity index (χ3n) is 4.00. The third-order valence-corrected chi connectivity index (χ3v) is 5.10. The van der Waals surface area contributed by atoms with Gasteiger partial charge in [0.05, 0.1) is 22.5 Å². The molecule has 33 heavy (non-hydrogen) atoms. The largest absolute Gasteiger partial charge is 0.516 e. The van der Waals surface area contributed by atoms with E-state index in [0.717, 1.165) is 35.9 Å². The van der Waals surface area contributed by atoms with E-state index in [4.69, 9.17) is 4.84 Å². The zero-order chi connectivity index (χ0) is 25.2. The molecule has 0 fully saturated rings. The van der Waals surface area contributed by atoms with E-state index in [1.165, 1.54) is 0 Å². The number of hydrogen-bond donors (Lipinski definition) is 1. The van der Waals surface area contributed by atoms with Gasteiger partial charge >= 0.3 is 27.9 Å². The first-order valence-electron chi connectivity index (χ1n) is 8.55. The fourth-order valence-electron chi connectivity index (χ4n) is 2.37. The normalized spacial score (nSPS) is 13.7. The van der Waals surface area contributed by atoms with E-state index in [2.05, 4.69) is 5.16 Å². The summed E-state index contributed by atoms with van der Waals surface area (Å²) in [6.07, 6.45) is -9.54. The number of rotatable bonds is 6. The Morgan fingerprint density at radius 2 is 1.39 bits per heavy atom. The summed E-state index contributed by atoms with van der Waals surface area (Å²) in [5.74, 6) is 0. The SMILES string of the molecule is C/C(=N\OCc1ccc(C(F)(F)F)cc1)c1ccc(C(F)(F)F)cc1NS(=O)(=O)C(F)(F)F. The van der Waals surface area contributed by atoms with E-state index in [1.54, 1.807) is 0 Å². The second kappa shape index (κ2) is 9.11. The summed E-state index contributed by atoms with van der Waals surface area (Å²) >= 11 is 0. The van der Waals surface area contributed by atoms with Gasteiger partial charge in [-0.2, -0.15) is 47.9 Å². The first kappa shape index (κ1) is 26.3. The van der Waals surface area contributed by atoms with Gasteiger partial charge in [0.25, 0.3) is 0 Å². The summed E-state index contributed by atoms with van der Waals surface area (Å²) in [6.45, 7) is 0.723. The molecule has 0 amide bonds. The van der Waals surface area contributed by atoms with Gasteiger partial charge in [0, 0.05) is 5.56 Å². The molecule has 2 aromatic carbocycles. The molecule has 182 valence electrons. The summed E-state index contributed by atoms with van der Waals surface area (Å²) in [4.78, 5) is 4.90. The molecule has 5 nitrogen and oxygen atoms in total. The Hall–Kier alpha value is -2.97. The van der Waals surface area contributed by atoms with Crippen molar-refractivity contribution in [3.63, 3.8) is 0 Å². The number of halogens is 9. The van der Waals surface area contributed by atoms with Gasteiger partial charge < -0.3 is 4.84 Å². The smallest absolute Gasteiger partial charge is 0.391 e. The molecule has 0 saturated carbocycles. The van der Waals surface area contributed by atoms with Crippen molar-refractivity contribution in [1.29, 1.82) is 0 Å². The Morgan fingerprint density at radius 1 is 0.879 bits per heavy atom. The van der Waals surface area contributed by atoms with E-state index in [-0.39, 0.29) is 23.9 Å². The van der Waals surface area contributed by atoms with Crippen LogP contribution in [0.1, 0.15) is 29.2 Å². The lowest BCUT2D eigenvalue weighted by atomic mass is 10.1. The number of oxime groups is 1. The Kier molecular flexibility index (Phi) is 7.26. The molecule has 0 aliphatic carbocycles. The van der Waals surface area contributed by atoms with E-state index in [0.29, 0.717) is 12.1 Å². The molecule has 0 spiro atoms. The van der Waals surface area contributed by atoms with Crippen molar-refractivity contribution in [1.82, 2.24) is 0 Å². The maximum absolute atomic E-state index is 12.9. The van der Waals surface area contributed by atoms with Crippen LogP contribution in [0.5, 0.6) is 0 Å². The van der Waals surface area contributed by atoms with Gasteiger partial charge in [-0.15, -0.1) is 0 Å². The Bertz CT molecular complexity index is 1120. The molecule has 0 heterocycles. The van der Waals surface area contributed by atoms with Crippen LogP contribution in [0.2, 0.25) is 0 Å². The lowest BCUT2D eigenvalue weighted by Crippen LogP contribution is -2.30. The van der Waals surface area contributed by atoms with Crippen LogP contribution in [0.15, 0.2) is 47.6 Å². The molecule has 0 aliphatic heterocycles. The van der Waals surface area contributed by atoms with Crippen LogP contribution in [-0.2, 0) is 33.8 Å². The molecule has 0 aliphatic rings. The minimum atomic E-state index is -6.05. The van der Waals surface area contributed by atoms with Crippen molar-refractivity contribution in [2.24, 2.45) is 5.16 Å². The first-order chi connectivity index (χ1) is 14.9. The van der Waals surface area contributed by atoms with Gasteiger partial charge in [0.2, 0.25) is 0 Å². The van der Waals surface area contributed by atoms with Crippen LogP contribution in [0.4, 0.5) is 45.2 Å². The van der Waals surface area contributed by atoms with Gasteiger partial charge in [0.1, 0.15) is 6.61 Å². The fourth-order valence-corrected chi connectivity index (χ4v) is 2.94. The maximum Gasteiger partial charge on any atom is 0.516 e. The van der Waals surface area contributed by atoms with Crippen molar-refractivity contribution >= 4 is 21.4 Å². The van der Waals surface area contributed by atoms with Crippen LogP contribution in [-0.4, -0.2) is 19.6 Å². The second-order valence-corrected chi connectivity index (χ2v) is 8.13. The number of nitrogens with zero attached hydrogens (tertiary/aromatic N) is 1. The van der Waals surface area contributed by atoms with E-state index in [1.807, 2.05) is 0 Å². The standard InChI is InChI=1S/C18H13F9N2O3S/c1-10(28-32-9-11-2-4-12(5-3-11)16(19,20)21)14-7-6-13(17(22,23)24)8-15(14)29-33(30,31)18(25,26)27/h2-8,29H,9H2,1H3/b28-10+. The molecule has 2 rings (SSSR count). The highest BCUT2D eigenvalue weighted by atomic mass is 32.2. The summed E-state index contributed by atoms with van der Waals surface area (Å²) in [7, 11) is -6.05. The molecule has 0 atom stereocenters. The highest BCUT2D eigenvalue weighted by Gasteiger charge is 2.46. The van der Waals surface area contributed by atoms with Crippen LogP contribution >= 0.6 is 0 Å². The van der Waals surface area contributed by atoms with Gasteiger partial charge in [-0.3, -0.25) is 4.72 Å². The molecule has 1 N–H and O–H groups in total. The average molecular weight is 508 g/mol. The zero-order valence-electron chi connectivity index (χ0n) is 16.2. The number of hydrogen-bond acceptors (Lipinski definition) is 4. The number of anilines is 1. The zero-order valence-corrected chi connectivity index (χ0v) is 17.0. The molecule has 2 aromatic rings. The van der Waals surface area contributed by atoms with Crippen LogP contribution < -0.4 is 4.72 Å². The van der Waals surface area contributed by atoms with Gasteiger partial charge in [-0.1, -0.05) is 23.4 Å². The topological polar surface area (TPSA) is 67.8 Å². The second-order valence-electron chi connectivity index (χ2n) is 6.45. The van der Waals surface area contributed by atoms with Crippen molar-refractivity contribution in [3.8, 4) is 0 Å². The Balaban J connectivity index is 2.30. The minimum absolute atomic E-state index is 0.160. The van der Waals surface area contributed by atoms with Gasteiger partial charge in [-0.05, 0) is 36.8 Å². The van der Waals surface area contributed by atoms with E-state index < -0.39 is 50.3 Å². The molecular weight excluding hydrogens is 495 g/mol. The van der Waals surface area contributed by atoms with Crippen LogP contribution in [0, 0.1) is 0 Å². The molecule has 0 unspecified atom stereocenters. The molecule has 0 bridgehead atoms.